The Kier molecular flexibility index (Phi) is 13.7. The second-order valence-corrected chi connectivity index (χ2v) is 10.8. The standard InChI is InChI=1S/C35H42F2O6/c1-3-4-22-35(36,37)33(39)21-20-30-29(31(38)23-32(30)42-24-27-16-18-28(41-2)19-17-27)14-10-5-6-11-15-34(40)43-25-26-12-8-7-9-13-26/h5,7-10,12-13,16-21,29-30,32H,3-4,6,11,14-15,22-25H2,1-2H3/b10-5-,21-20+/t29-,30-,32?/m1/s1. The number of ketones is 2. The number of hydrogen-bond donors (Lipinski definition) is 0. The summed E-state index contributed by atoms with van der Waals surface area (Å²) in [5.74, 6) is -5.30. The molecule has 1 aliphatic rings. The van der Waals surface area contributed by atoms with Gasteiger partial charge in [-0.1, -0.05) is 74.0 Å². The van der Waals surface area contributed by atoms with Gasteiger partial charge in [-0.3, -0.25) is 14.4 Å². The molecule has 43 heavy (non-hydrogen) atoms. The Hall–Kier alpha value is -3.65. The van der Waals surface area contributed by atoms with Crippen LogP contribution in [0.4, 0.5) is 8.78 Å². The molecule has 3 atom stereocenters. The van der Waals surface area contributed by atoms with E-state index < -0.39 is 36.1 Å². The molecule has 0 N–H and O–H groups in total. The molecule has 232 valence electrons. The normalized spacial score (nSPS) is 18.9. The average Bonchev–Trinajstić information content (AvgIpc) is 3.32. The monoisotopic (exact) mass is 596 g/mol. The van der Waals surface area contributed by atoms with E-state index in [2.05, 4.69) is 0 Å². The van der Waals surface area contributed by atoms with Crippen molar-refractivity contribution in [1.29, 1.82) is 0 Å². The number of benzene rings is 2. The molecule has 0 spiro atoms. The number of alkyl halides is 2. The van der Waals surface area contributed by atoms with Crippen molar-refractivity contribution in [3.63, 3.8) is 0 Å². The number of methoxy groups -OCH3 is 1. The summed E-state index contributed by atoms with van der Waals surface area (Å²) in [4.78, 5) is 37.4. The number of allylic oxidation sites excluding steroid dienone is 3. The molecule has 2 aromatic rings. The first-order chi connectivity index (χ1) is 20.7. The van der Waals surface area contributed by atoms with Crippen LogP contribution in [0.1, 0.15) is 69.4 Å². The van der Waals surface area contributed by atoms with Crippen molar-refractivity contribution in [2.45, 2.75) is 83.5 Å². The third-order valence-electron chi connectivity index (χ3n) is 7.56. The van der Waals surface area contributed by atoms with Gasteiger partial charge in [0.1, 0.15) is 18.1 Å². The van der Waals surface area contributed by atoms with E-state index in [0.29, 0.717) is 31.4 Å². The summed E-state index contributed by atoms with van der Waals surface area (Å²) in [5.41, 5.74) is 1.81. The first kappa shape index (κ1) is 33.8. The lowest BCUT2D eigenvalue weighted by Crippen LogP contribution is -2.28. The van der Waals surface area contributed by atoms with Crippen LogP contribution in [0.15, 0.2) is 78.9 Å². The van der Waals surface area contributed by atoms with Crippen molar-refractivity contribution in [2.75, 3.05) is 7.11 Å². The quantitative estimate of drug-likeness (QED) is 0.0763. The lowest BCUT2D eigenvalue weighted by atomic mass is 9.90. The highest BCUT2D eigenvalue weighted by molar-refractivity contribution is 5.96. The van der Waals surface area contributed by atoms with Crippen LogP contribution < -0.4 is 4.74 Å². The van der Waals surface area contributed by atoms with Crippen molar-refractivity contribution in [1.82, 2.24) is 0 Å². The third-order valence-corrected chi connectivity index (χ3v) is 7.56. The summed E-state index contributed by atoms with van der Waals surface area (Å²) < 4.78 is 45.3. The molecule has 2 aromatic carbocycles. The average molecular weight is 597 g/mol. The Morgan fingerprint density at radius 3 is 2.40 bits per heavy atom. The van der Waals surface area contributed by atoms with Gasteiger partial charge in [0.2, 0.25) is 5.78 Å². The van der Waals surface area contributed by atoms with Crippen molar-refractivity contribution < 1.29 is 37.4 Å². The zero-order valence-electron chi connectivity index (χ0n) is 25.0. The van der Waals surface area contributed by atoms with E-state index in [4.69, 9.17) is 14.2 Å². The molecule has 3 rings (SSSR count). The van der Waals surface area contributed by atoms with E-state index in [-0.39, 0.29) is 44.2 Å². The highest BCUT2D eigenvalue weighted by Crippen LogP contribution is 2.36. The summed E-state index contributed by atoms with van der Waals surface area (Å²) in [6.45, 7) is 2.26. The van der Waals surface area contributed by atoms with Gasteiger partial charge < -0.3 is 14.2 Å². The minimum atomic E-state index is -3.44. The van der Waals surface area contributed by atoms with Crippen molar-refractivity contribution in [3.8, 4) is 5.75 Å². The fourth-order valence-electron chi connectivity index (χ4n) is 4.98. The molecule has 0 aliphatic heterocycles. The van der Waals surface area contributed by atoms with Gasteiger partial charge in [-0.15, -0.1) is 0 Å². The van der Waals surface area contributed by atoms with Gasteiger partial charge in [0.25, 0.3) is 0 Å². The lowest BCUT2D eigenvalue weighted by Gasteiger charge is -2.21. The van der Waals surface area contributed by atoms with Crippen LogP contribution in [0, 0.1) is 11.8 Å². The number of unbranched alkanes of at least 4 members (excludes halogenated alkanes) is 2. The Balaban J connectivity index is 1.57. The van der Waals surface area contributed by atoms with Gasteiger partial charge in [-0.2, -0.15) is 8.78 Å². The number of hydrogen-bond acceptors (Lipinski definition) is 6. The van der Waals surface area contributed by atoms with Crippen molar-refractivity contribution in [2.24, 2.45) is 11.8 Å². The van der Waals surface area contributed by atoms with Crippen molar-refractivity contribution >= 4 is 17.5 Å². The smallest absolute Gasteiger partial charge is 0.309 e. The van der Waals surface area contributed by atoms with Crippen LogP contribution in [0.25, 0.3) is 0 Å². The highest BCUT2D eigenvalue weighted by atomic mass is 19.3. The molecular formula is C35H42F2O6. The highest BCUT2D eigenvalue weighted by Gasteiger charge is 2.42. The first-order valence-electron chi connectivity index (χ1n) is 15.0. The Labute approximate surface area is 253 Å². The molecular weight excluding hydrogens is 554 g/mol. The molecule has 8 heteroatoms. The summed E-state index contributed by atoms with van der Waals surface area (Å²) in [6, 6.07) is 16.8. The number of halogens is 2. The first-order valence-corrected chi connectivity index (χ1v) is 15.0. The van der Waals surface area contributed by atoms with Gasteiger partial charge in [0, 0.05) is 31.1 Å². The van der Waals surface area contributed by atoms with E-state index in [1.165, 1.54) is 6.08 Å². The molecule has 0 saturated heterocycles. The molecule has 1 fully saturated rings. The number of rotatable bonds is 18. The van der Waals surface area contributed by atoms with Crippen LogP contribution in [0.5, 0.6) is 5.75 Å². The summed E-state index contributed by atoms with van der Waals surface area (Å²) in [6.07, 6.45) is 7.95. The van der Waals surface area contributed by atoms with E-state index in [1.54, 1.807) is 14.0 Å². The van der Waals surface area contributed by atoms with E-state index in [1.807, 2.05) is 66.7 Å². The number of ether oxygens (including phenoxy) is 3. The fraction of sp³-hybridized carbons (Fsp3) is 0.457. The molecule has 1 saturated carbocycles. The number of Topliss-reactive ketones (excluding diaryl/α,β-unsaturated/α-hetero) is 1. The largest absolute Gasteiger partial charge is 0.497 e. The van der Waals surface area contributed by atoms with Gasteiger partial charge >= 0.3 is 11.9 Å². The van der Waals surface area contributed by atoms with Crippen LogP contribution in [0.3, 0.4) is 0 Å². The fourth-order valence-corrected chi connectivity index (χ4v) is 4.98. The van der Waals surface area contributed by atoms with Gasteiger partial charge in [0.15, 0.2) is 0 Å². The molecule has 6 nitrogen and oxygen atoms in total. The maximum absolute atomic E-state index is 14.3. The molecule has 0 aromatic heterocycles. The van der Waals surface area contributed by atoms with Crippen LogP contribution in [-0.2, 0) is 37.1 Å². The summed E-state index contributed by atoms with van der Waals surface area (Å²) in [5, 5.41) is 0. The number of carbonyl (C=O) groups excluding carboxylic acids is 3. The van der Waals surface area contributed by atoms with Crippen LogP contribution >= 0.6 is 0 Å². The maximum atomic E-state index is 14.3. The zero-order chi connectivity index (χ0) is 31.1. The van der Waals surface area contributed by atoms with Gasteiger partial charge in [0.05, 0.1) is 19.8 Å². The third kappa shape index (κ3) is 11.2. The zero-order valence-corrected chi connectivity index (χ0v) is 25.0. The molecule has 1 unspecified atom stereocenters. The Bertz CT molecular complexity index is 1220. The Morgan fingerprint density at radius 2 is 1.70 bits per heavy atom. The molecule has 0 bridgehead atoms. The second kappa shape index (κ2) is 17.5. The number of esters is 1. The van der Waals surface area contributed by atoms with E-state index >= 15 is 0 Å². The van der Waals surface area contributed by atoms with Crippen LogP contribution in [-0.4, -0.2) is 36.7 Å². The number of carbonyl (C=O) groups is 3. The Morgan fingerprint density at radius 1 is 0.977 bits per heavy atom. The lowest BCUT2D eigenvalue weighted by molar-refractivity contribution is -0.145. The van der Waals surface area contributed by atoms with E-state index in [0.717, 1.165) is 17.2 Å². The minimum Gasteiger partial charge on any atom is -0.497 e. The van der Waals surface area contributed by atoms with E-state index in [9.17, 15) is 23.2 Å². The molecule has 0 radical (unpaired) electrons. The second-order valence-electron chi connectivity index (χ2n) is 10.8. The summed E-state index contributed by atoms with van der Waals surface area (Å²) >= 11 is 0. The van der Waals surface area contributed by atoms with Gasteiger partial charge in [-0.05, 0) is 55.0 Å². The maximum Gasteiger partial charge on any atom is 0.309 e. The SMILES string of the molecule is CCCCC(F)(F)C(=O)/C=C/[C@H]1C(OCc2ccc(OC)cc2)CC(=O)[C@@H]1C/C=C\CCCC(=O)OCc1ccccc1. The molecule has 0 amide bonds. The predicted octanol–water partition coefficient (Wildman–Crippen LogP) is 7.60. The topological polar surface area (TPSA) is 78.9 Å². The summed E-state index contributed by atoms with van der Waals surface area (Å²) in [7, 11) is 1.58. The minimum absolute atomic E-state index is 0.0336. The van der Waals surface area contributed by atoms with Crippen LogP contribution in [0.2, 0.25) is 0 Å². The van der Waals surface area contributed by atoms with Gasteiger partial charge in [-0.25, -0.2) is 0 Å². The predicted molar refractivity (Wildman–Crippen MR) is 161 cm³/mol. The molecule has 0 heterocycles. The molecule has 1 aliphatic carbocycles. The van der Waals surface area contributed by atoms with Crippen molar-refractivity contribution in [3.05, 3.63) is 90.0 Å².